The SMILES string of the molecule is Cc1ccc(CNC(=S)c2cn3c4c(c(C)c(C)c(C)c4c2=S)OC(C)(C)[C@@H]3C)cc1. The Labute approximate surface area is 195 Å². The van der Waals surface area contributed by atoms with Crippen LogP contribution < -0.4 is 10.1 Å². The van der Waals surface area contributed by atoms with E-state index in [0.29, 0.717) is 11.5 Å². The molecule has 0 bridgehead atoms. The lowest BCUT2D eigenvalue weighted by Gasteiger charge is -2.41. The first-order valence-corrected chi connectivity index (χ1v) is 11.6. The summed E-state index contributed by atoms with van der Waals surface area (Å²) < 4.78 is 9.64. The summed E-state index contributed by atoms with van der Waals surface area (Å²) in [6, 6.07) is 8.63. The average molecular weight is 451 g/mol. The number of thiocarbonyl (C=S) groups is 1. The molecule has 31 heavy (non-hydrogen) atoms. The van der Waals surface area contributed by atoms with Gasteiger partial charge in [-0.1, -0.05) is 54.3 Å². The van der Waals surface area contributed by atoms with Crippen molar-refractivity contribution < 1.29 is 4.74 Å². The van der Waals surface area contributed by atoms with Crippen molar-refractivity contribution in [2.45, 2.75) is 66.7 Å². The molecule has 1 atom stereocenters. The zero-order valence-corrected chi connectivity index (χ0v) is 21.0. The highest BCUT2D eigenvalue weighted by molar-refractivity contribution is 7.80. The molecule has 0 saturated carbocycles. The monoisotopic (exact) mass is 450 g/mol. The fourth-order valence-electron chi connectivity index (χ4n) is 4.29. The minimum Gasteiger partial charge on any atom is -0.483 e. The van der Waals surface area contributed by atoms with Crippen LogP contribution in [0.3, 0.4) is 0 Å². The van der Waals surface area contributed by atoms with E-state index in [4.69, 9.17) is 29.2 Å². The first-order valence-electron chi connectivity index (χ1n) is 10.7. The maximum Gasteiger partial charge on any atom is 0.147 e. The maximum absolute atomic E-state index is 6.52. The van der Waals surface area contributed by atoms with Gasteiger partial charge in [0.15, 0.2) is 0 Å². The van der Waals surface area contributed by atoms with Crippen LogP contribution in [0.25, 0.3) is 10.9 Å². The summed E-state index contributed by atoms with van der Waals surface area (Å²) in [7, 11) is 0. The van der Waals surface area contributed by atoms with E-state index in [9.17, 15) is 0 Å². The van der Waals surface area contributed by atoms with Crippen LogP contribution in [0.1, 0.15) is 60.2 Å². The van der Waals surface area contributed by atoms with Crippen LogP contribution in [0.5, 0.6) is 5.75 Å². The second kappa shape index (κ2) is 7.72. The predicted molar refractivity (Wildman–Crippen MR) is 136 cm³/mol. The molecular weight excluding hydrogens is 420 g/mol. The quantitative estimate of drug-likeness (QED) is 0.444. The summed E-state index contributed by atoms with van der Waals surface area (Å²) in [5, 5.41) is 4.50. The minimum absolute atomic E-state index is 0.137. The van der Waals surface area contributed by atoms with Crippen molar-refractivity contribution in [1.82, 2.24) is 9.88 Å². The maximum atomic E-state index is 6.52. The van der Waals surface area contributed by atoms with Crippen molar-refractivity contribution in [3.8, 4) is 5.75 Å². The van der Waals surface area contributed by atoms with Gasteiger partial charge in [0, 0.05) is 23.7 Å². The van der Waals surface area contributed by atoms with E-state index in [1.54, 1.807) is 0 Å². The van der Waals surface area contributed by atoms with Gasteiger partial charge in [-0.05, 0) is 70.7 Å². The van der Waals surface area contributed by atoms with E-state index in [0.717, 1.165) is 26.7 Å². The second-order valence-electron chi connectivity index (χ2n) is 9.26. The van der Waals surface area contributed by atoms with Crippen molar-refractivity contribution >= 4 is 40.3 Å². The smallest absolute Gasteiger partial charge is 0.147 e. The molecule has 2 aromatic carbocycles. The highest BCUT2D eigenvalue weighted by Gasteiger charge is 2.37. The first kappa shape index (κ1) is 22.0. The average Bonchev–Trinajstić information content (AvgIpc) is 2.73. The Hall–Kier alpha value is -2.24. The molecule has 4 rings (SSSR count). The fourth-order valence-corrected chi connectivity index (χ4v) is 4.98. The van der Waals surface area contributed by atoms with E-state index in [-0.39, 0.29) is 11.6 Å². The van der Waals surface area contributed by atoms with Gasteiger partial charge in [-0.2, -0.15) is 0 Å². The van der Waals surface area contributed by atoms with Crippen LogP contribution in [0.2, 0.25) is 0 Å². The Balaban J connectivity index is 1.86. The lowest BCUT2D eigenvalue weighted by atomic mass is 9.91. The van der Waals surface area contributed by atoms with Crippen molar-refractivity contribution in [1.29, 1.82) is 0 Å². The van der Waals surface area contributed by atoms with Crippen molar-refractivity contribution in [2.24, 2.45) is 0 Å². The van der Waals surface area contributed by atoms with Gasteiger partial charge in [-0.3, -0.25) is 0 Å². The number of ether oxygens (including phenoxy) is 1. The third-order valence-corrected chi connectivity index (χ3v) is 7.69. The molecular formula is C26H30N2OS2. The number of benzene rings is 2. The third kappa shape index (κ3) is 3.58. The molecule has 1 aliphatic heterocycles. The summed E-state index contributed by atoms with van der Waals surface area (Å²) in [6.45, 7) is 15.7. The van der Waals surface area contributed by atoms with Gasteiger partial charge in [0.05, 0.1) is 16.1 Å². The molecule has 0 unspecified atom stereocenters. The Morgan fingerprint density at radius 2 is 1.71 bits per heavy atom. The Bertz CT molecular complexity index is 1270. The molecule has 1 aromatic heterocycles. The van der Waals surface area contributed by atoms with Crippen molar-refractivity contribution in [3.63, 3.8) is 0 Å². The van der Waals surface area contributed by atoms with Gasteiger partial charge in [0.25, 0.3) is 0 Å². The normalized spacial score (nSPS) is 16.8. The van der Waals surface area contributed by atoms with E-state index in [2.05, 4.69) is 88.8 Å². The van der Waals surface area contributed by atoms with E-state index >= 15 is 0 Å². The summed E-state index contributed by atoms with van der Waals surface area (Å²) in [5.74, 6) is 0.942. The Kier molecular flexibility index (Phi) is 5.47. The number of hydrogen-bond acceptors (Lipinski definition) is 3. The van der Waals surface area contributed by atoms with Gasteiger partial charge in [0.1, 0.15) is 16.3 Å². The van der Waals surface area contributed by atoms with Crippen LogP contribution in [-0.4, -0.2) is 15.2 Å². The van der Waals surface area contributed by atoms with Crippen LogP contribution in [-0.2, 0) is 6.54 Å². The van der Waals surface area contributed by atoms with Crippen LogP contribution in [0.4, 0.5) is 0 Å². The summed E-state index contributed by atoms with van der Waals surface area (Å²) in [5.41, 5.74) is 7.71. The lowest BCUT2D eigenvalue weighted by molar-refractivity contribution is 0.0474. The molecule has 2 heterocycles. The molecule has 162 valence electrons. The number of pyridine rings is 1. The molecule has 1 aliphatic rings. The molecule has 0 spiro atoms. The van der Waals surface area contributed by atoms with Crippen LogP contribution in [0.15, 0.2) is 30.5 Å². The Morgan fingerprint density at radius 3 is 2.35 bits per heavy atom. The molecule has 0 fully saturated rings. The fraction of sp³-hybridized carbons (Fsp3) is 0.385. The number of hydrogen-bond donors (Lipinski definition) is 1. The van der Waals surface area contributed by atoms with E-state index in [1.807, 2.05) is 0 Å². The Morgan fingerprint density at radius 1 is 1.06 bits per heavy atom. The minimum atomic E-state index is -0.339. The van der Waals surface area contributed by atoms with Gasteiger partial charge in [-0.15, -0.1) is 0 Å². The predicted octanol–water partition coefficient (Wildman–Crippen LogP) is 6.80. The van der Waals surface area contributed by atoms with Gasteiger partial charge in [-0.25, -0.2) is 0 Å². The van der Waals surface area contributed by atoms with E-state index < -0.39 is 0 Å². The highest BCUT2D eigenvalue weighted by atomic mass is 32.1. The zero-order valence-electron chi connectivity index (χ0n) is 19.3. The third-order valence-electron chi connectivity index (χ3n) is 6.90. The zero-order chi connectivity index (χ0) is 22.7. The molecule has 5 heteroatoms. The molecule has 0 radical (unpaired) electrons. The first-order chi connectivity index (χ1) is 14.5. The standard InChI is InChI=1S/C26H30N2OS2/c1-14-8-10-19(11-9-14)12-27-25(31)20-13-28-18(5)26(6,7)29-23-17(4)15(2)16(3)21(22(23)28)24(20)30/h8-11,13,18H,12H2,1-7H3,(H,27,31)/t18-/m0/s1. The molecule has 0 aliphatic carbocycles. The largest absolute Gasteiger partial charge is 0.483 e. The van der Waals surface area contributed by atoms with Gasteiger partial charge in [0.2, 0.25) is 0 Å². The number of aryl methyl sites for hydroxylation is 2. The van der Waals surface area contributed by atoms with E-state index in [1.165, 1.54) is 27.8 Å². The number of nitrogens with zero attached hydrogens (tertiary/aromatic N) is 1. The molecule has 1 N–H and O–H groups in total. The topological polar surface area (TPSA) is 26.2 Å². The summed E-state index contributed by atoms with van der Waals surface area (Å²) in [4.78, 5) is 0.687. The van der Waals surface area contributed by atoms with Gasteiger partial charge < -0.3 is 14.6 Å². The lowest BCUT2D eigenvalue weighted by Crippen LogP contribution is -2.41. The number of rotatable bonds is 3. The highest BCUT2D eigenvalue weighted by Crippen LogP contribution is 2.45. The number of nitrogens with one attached hydrogen (secondary N) is 1. The molecule has 0 saturated heterocycles. The van der Waals surface area contributed by atoms with Crippen LogP contribution in [0, 0.1) is 32.2 Å². The molecule has 3 aromatic rings. The number of aromatic nitrogens is 1. The summed E-state index contributed by atoms with van der Waals surface area (Å²) in [6.07, 6.45) is 2.13. The summed E-state index contributed by atoms with van der Waals surface area (Å²) >= 11 is 11.8. The van der Waals surface area contributed by atoms with Crippen molar-refractivity contribution in [2.75, 3.05) is 0 Å². The van der Waals surface area contributed by atoms with Gasteiger partial charge >= 0.3 is 0 Å². The molecule has 0 amide bonds. The molecule has 3 nitrogen and oxygen atoms in total. The second-order valence-corrected chi connectivity index (χ2v) is 10.1. The van der Waals surface area contributed by atoms with Crippen molar-refractivity contribution in [3.05, 3.63) is 68.4 Å². The van der Waals surface area contributed by atoms with Crippen LogP contribution >= 0.6 is 24.4 Å².